The predicted molar refractivity (Wildman–Crippen MR) is 103 cm³/mol. The van der Waals surface area contributed by atoms with Gasteiger partial charge in [0.05, 0.1) is 17.9 Å². The quantitative estimate of drug-likeness (QED) is 0.791. The highest BCUT2D eigenvalue weighted by molar-refractivity contribution is 5.95. The van der Waals surface area contributed by atoms with Crippen molar-refractivity contribution in [1.82, 2.24) is 14.7 Å². The van der Waals surface area contributed by atoms with Gasteiger partial charge in [0.25, 0.3) is 5.91 Å². The summed E-state index contributed by atoms with van der Waals surface area (Å²) in [5, 5.41) is 4.46. The van der Waals surface area contributed by atoms with Gasteiger partial charge < -0.3 is 9.64 Å². The zero-order valence-corrected chi connectivity index (χ0v) is 16.1. The van der Waals surface area contributed by atoms with Crippen LogP contribution in [0, 0.1) is 19.8 Å². The van der Waals surface area contributed by atoms with E-state index in [0.29, 0.717) is 12.5 Å². The van der Waals surface area contributed by atoms with Crippen LogP contribution in [-0.2, 0) is 6.54 Å². The molecule has 1 fully saturated rings. The molecule has 1 aromatic carbocycles. The van der Waals surface area contributed by atoms with Crippen molar-refractivity contribution in [3.05, 3.63) is 47.3 Å². The van der Waals surface area contributed by atoms with E-state index in [9.17, 15) is 4.79 Å². The van der Waals surface area contributed by atoms with Crippen molar-refractivity contribution < 1.29 is 9.53 Å². The van der Waals surface area contributed by atoms with Crippen molar-refractivity contribution in [2.24, 2.45) is 5.92 Å². The van der Waals surface area contributed by atoms with E-state index in [1.165, 1.54) is 5.56 Å². The van der Waals surface area contributed by atoms with Crippen molar-refractivity contribution in [2.45, 2.75) is 46.6 Å². The summed E-state index contributed by atoms with van der Waals surface area (Å²) in [5.41, 5.74) is 2.78. The van der Waals surface area contributed by atoms with Gasteiger partial charge in [-0.25, -0.2) is 0 Å². The molecule has 0 bridgehead atoms. The van der Waals surface area contributed by atoms with Gasteiger partial charge in [0.2, 0.25) is 0 Å². The van der Waals surface area contributed by atoms with Gasteiger partial charge in [0.1, 0.15) is 5.75 Å². The Labute approximate surface area is 156 Å². The minimum atomic E-state index is 0.102. The van der Waals surface area contributed by atoms with E-state index in [2.05, 4.69) is 31.1 Å². The Morgan fingerprint density at radius 1 is 1.27 bits per heavy atom. The average Bonchev–Trinajstić information content (AvgIpc) is 3.01. The number of likely N-dealkylation sites (tertiary alicyclic amines) is 1. The number of hydrogen-bond donors (Lipinski definition) is 0. The van der Waals surface area contributed by atoms with Crippen LogP contribution in [0.3, 0.4) is 0 Å². The molecule has 1 atom stereocenters. The summed E-state index contributed by atoms with van der Waals surface area (Å²) in [4.78, 5) is 14.9. The molecule has 0 unspecified atom stereocenters. The Kier molecular flexibility index (Phi) is 5.96. The molecular formula is C21H29N3O2. The first kappa shape index (κ1) is 18.5. The smallest absolute Gasteiger partial charge is 0.257 e. The van der Waals surface area contributed by atoms with Crippen LogP contribution in [0.4, 0.5) is 0 Å². The monoisotopic (exact) mass is 355 g/mol. The molecule has 1 amide bonds. The summed E-state index contributed by atoms with van der Waals surface area (Å²) in [6, 6.07) is 8.13. The van der Waals surface area contributed by atoms with Gasteiger partial charge in [0.15, 0.2) is 0 Å². The van der Waals surface area contributed by atoms with Gasteiger partial charge >= 0.3 is 0 Å². The molecule has 140 valence electrons. The lowest BCUT2D eigenvalue weighted by molar-refractivity contribution is 0.0632. The van der Waals surface area contributed by atoms with Crippen LogP contribution in [0.1, 0.15) is 47.8 Å². The van der Waals surface area contributed by atoms with Crippen molar-refractivity contribution in [2.75, 3.05) is 19.7 Å². The molecule has 0 aliphatic carbocycles. The summed E-state index contributed by atoms with van der Waals surface area (Å²) in [6.45, 7) is 9.17. The Bertz CT molecular complexity index is 736. The van der Waals surface area contributed by atoms with Gasteiger partial charge in [-0.3, -0.25) is 9.48 Å². The van der Waals surface area contributed by atoms with Crippen molar-refractivity contribution in [3.63, 3.8) is 0 Å². The number of aromatic nitrogens is 2. The maximum absolute atomic E-state index is 12.9. The van der Waals surface area contributed by atoms with Crippen LogP contribution in [0.15, 0.2) is 30.5 Å². The first-order valence-corrected chi connectivity index (χ1v) is 9.59. The molecule has 1 saturated heterocycles. The molecular weight excluding hydrogens is 326 g/mol. The fourth-order valence-corrected chi connectivity index (χ4v) is 3.48. The fraction of sp³-hybridized carbons (Fsp3) is 0.524. The molecule has 1 aliphatic rings. The number of amides is 1. The van der Waals surface area contributed by atoms with Crippen LogP contribution in [0.5, 0.6) is 5.75 Å². The molecule has 0 saturated carbocycles. The number of piperidine rings is 1. The number of nitrogens with zero attached hydrogens (tertiary/aromatic N) is 3. The molecule has 3 rings (SSSR count). The van der Waals surface area contributed by atoms with Crippen LogP contribution in [0.2, 0.25) is 0 Å². The van der Waals surface area contributed by atoms with Gasteiger partial charge in [-0.05, 0) is 45.2 Å². The summed E-state index contributed by atoms with van der Waals surface area (Å²) < 4.78 is 7.82. The Balaban J connectivity index is 1.59. The SMILES string of the molecule is CCCn1cc(C(=O)N2CCC[C@H](COc3ccc(C)cc3)C2)c(C)n1. The Hall–Kier alpha value is -2.30. The fourth-order valence-electron chi connectivity index (χ4n) is 3.48. The van der Waals surface area contributed by atoms with Crippen LogP contribution in [-0.4, -0.2) is 40.3 Å². The van der Waals surface area contributed by atoms with Crippen LogP contribution >= 0.6 is 0 Å². The molecule has 0 radical (unpaired) electrons. The van der Waals surface area contributed by atoms with Gasteiger partial charge in [-0.2, -0.15) is 5.10 Å². The number of carbonyl (C=O) groups is 1. The molecule has 5 heteroatoms. The Morgan fingerprint density at radius 2 is 2.04 bits per heavy atom. The highest BCUT2D eigenvalue weighted by Gasteiger charge is 2.27. The summed E-state index contributed by atoms with van der Waals surface area (Å²) >= 11 is 0. The third kappa shape index (κ3) is 4.45. The second kappa shape index (κ2) is 8.39. The summed E-state index contributed by atoms with van der Waals surface area (Å²) in [6.07, 6.45) is 5.03. The van der Waals surface area contributed by atoms with E-state index < -0.39 is 0 Å². The lowest BCUT2D eigenvalue weighted by Crippen LogP contribution is -2.41. The molecule has 5 nitrogen and oxygen atoms in total. The molecule has 26 heavy (non-hydrogen) atoms. The standard InChI is InChI=1S/C21H29N3O2/c1-4-11-24-14-20(17(3)22-24)21(25)23-12-5-6-18(13-23)15-26-19-9-7-16(2)8-10-19/h7-10,14,18H,4-6,11-13,15H2,1-3H3/t18-/m0/s1. The lowest BCUT2D eigenvalue weighted by atomic mass is 9.98. The van der Waals surface area contributed by atoms with Crippen LogP contribution < -0.4 is 4.74 Å². The second-order valence-corrected chi connectivity index (χ2v) is 7.27. The minimum Gasteiger partial charge on any atom is -0.493 e. The van der Waals surface area contributed by atoms with Crippen molar-refractivity contribution >= 4 is 5.91 Å². The molecule has 0 spiro atoms. The number of carbonyl (C=O) groups excluding carboxylic acids is 1. The molecule has 1 aliphatic heterocycles. The van der Waals surface area contributed by atoms with E-state index in [1.54, 1.807) is 0 Å². The van der Waals surface area contributed by atoms with Gasteiger partial charge in [-0.1, -0.05) is 24.6 Å². The first-order valence-electron chi connectivity index (χ1n) is 9.59. The largest absolute Gasteiger partial charge is 0.493 e. The number of benzene rings is 1. The topological polar surface area (TPSA) is 47.4 Å². The first-order chi connectivity index (χ1) is 12.6. The van der Waals surface area contributed by atoms with Gasteiger partial charge in [0, 0.05) is 31.7 Å². The minimum absolute atomic E-state index is 0.102. The number of rotatable bonds is 6. The number of aryl methyl sites for hydroxylation is 3. The maximum Gasteiger partial charge on any atom is 0.257 e. The highest BCUT2D eigenvalue weighted by Crippen LogP contribution is 2.21. The van der Waals surface area contributed by atoms with E-state index in [0.717, 1.165) is 55.9 Å². The summed E-state index contributed by atoms with van der Waals surface area (Å²) in [5.74, 6) is 1.38. The zero-order valence-electron chi connectivity index (χ0n) is 16.1. The van der Waals surface area contributed by atoms with Crippen LogP contribution in [0.25, 0.3) is 0 Å². The maximum atomic E-state index is 12.9. The van der Waals surface area contributed by atoms with Gasteiger partial charge in [-0.15, -0.1) is 0 Å². The molecule has 2 heterocycles. The predicted octanol–water partition coefficient (Wildman–Crippen LogP) is 3.84. The van der Waals surface area contributed by atoms with Crippen molar-refractivity contribution in [3.8, 4) is 5.75 Å². The lowest BCUT2D eigenvalue weighted by Gasteiger charge is -2.32. The second-order valence-electron chi connectivity index (χ2n) is 7.27. The molecule has 1 aromatic heterocycles. The third-order valence-corrected chi connectivity index (χ3v) is 4.94. The van der Waals surface area contributed by atoms with E-state index >= 15 is 0 Å². The van der Waals surface area contributed by atoms with E-state index in [4.69, 9.17) is 4.74 Å². The zero-order chi connectivity index (χ0) is 18.5. The number of ether oxygens (including phenoxy) is 1. The Morgan fingerprint density at radius 3 is 2.77 bits per heavy atom. The molecule has 2 aromatic rings. The number of hydrogen-bond acceptors (Lipinski definition) is 3. The third-order valence-electron chi connectivity index (χ3n) is 4.94. The highest BCUT2D eigenvalue weighted by atomic mass is 16.5. The van der Waals surface area contributed by atoms with E-state index in [1.807, 2.05) is 34.8 Å². The average molecular weight is 355 g/mol. The van der Waals surface area contributed by atoms with E-state index in [-0.39, 0.29) is 5.91 Å². The van der Waals surface area contributed by atoms with Crippen molar-refractivity contribution in [1.29, 1.82) is 0 Å². The summed E-state index contributed by atoms with van der Waals surface area (Å²) in [7, 11) is 0. The normalized spacial score (nSPS) is 17.3. The molecule has 0 N–H and O–H groups in total.